The topological polar surface area (TPSA) is 49.9 Å². The second-order valence-corrected chi connectivity index (χ2v) is 3.77. The van der Waals surface area contributed by atoms with Gasteiger partial charge >= 0.3 is 0 Å². The van der Waals surface area contributed by atoms with Crippen molar-refractivity contribution in [1.82, 2.24) is 4.98 Å². The number of hydrogen-bond acceptors (Lipinski definition) is 4. The first-order valence-corrected chi connectivity index (χ1v) is 5.43. The first-order valence-electron chi connectivity index (χ1n) is 4.21. The SMILES string of the molecule is CSC(=N)c1ccc2oc(C)nc2c1. The Kier molecular flexibility index (Phi) is 2.29. The molecule has 0 amide bonds. The van der Waals surface area contributed by atoms with Gasteiger partial charge in [-0.15, -0.1) is 11.8 Å². The van der Waals surface area contributed by atoms with Gasteiger partial charge in [0.25, 0.3) is 0 Å². The summed E-state index contributed by atoms with van der Waals surface area (Å²) in [5, 5.41) is 8.21. The quantitative estimate of drug-likeness (QED) is 0.576. The Morgan fingerprint density at radius 3 is 3.00 bits per heavy atom. The summed E-state index contributed by atoms with van der Waals surface area (Å²) in [6, 6.07) is 5.62. The average molecular weight is 206 g/mol. The fourth-order valence-electron chi connectivity index (χ4n) is 1.30. The lowest BCUT2D eigenvalue weighted by molar-refractivity contribution is 0.561. The van der Waals surface area contributed by atoms with Crippen LogP contribution in [0.25, 0.3) is 11.1 Å². The molecule has 0 aliphatic heterocycles. The third kappa shape index (κ3) is 1.53. The van der Waals surface area contributed by atoms with E-state index in [0.29, 0.717) is 10.9 Å². The van der Waals surface area contributed by atoms with Gasteiger partial charge in [-0.2, -0.15) is 0 Å². The van der Waals surface area contributed by atoms with Gasteiger partial charge in [0.2, 0.25) is 0 Å². The van der Waals surface area contributed by atoms with Crippen LogP contribution in [-0.4, -0.2) is 16.3 Å². The van der Waals surface area contributed by atoms with Crippen LogP contribution in [0.1, 0.15) is 11.5 Å². The molecular weight excluding hydrogens is 196 g/mol. The molecule has 2 rings (SSSR count). The van der Waals surface area contributed by atoms with E-state index in [1.807, 2.05) is 31.4 Å². The van der Waals surface area contributed by atoms with Crippen molar-refractivity contribution in [2.75, 3.05) is 6.26 Å². The van der Waals surface area contributed by atoms with Crippen molar-refractivity contribution < 1.29 is 4.42 Å². The maximum absolute atomic E-state index is 7.67. The minimum Gasteiger partial charge on any atom is -0.441 e. The van der Waals surface area contributed by atoms with Gasteiger partial charge in [0.1, 0.15) is 5.52 Å². The molecule has 3 nitrogen and oxygen atoms in total. The summed E-state index contributed by atoms with van der Waals surface area (Å²) in [6.07, 6.45) is 1.89. The first-order chi connectivity index (χ1) is 6.70. The third-order valence-electron chi connectivity index (χ3n) is 1.96. The van der Waals surface area contributed by atoms with E-state index >= 15 is 0 Å². The zero-order valence-electron chi connectivity index (χ0n) is 8.00. The number of oxazole rings is 1. The second-order valence-electron chi connectivity index (χ2n) is 2.95. The molecule has 0 bridgehead atoms. The Morgan fingerprint density at radius 1 is 1.50 bits per heavy atom. The molecule has 1 aromatic carbocycles. The highest BCUT2D eigenvalue weighted by Gasteiger charge is 2.05. The highest BCUT2D eigenvalue weighted by Crippen LogP contribution is 2.18. The van der Waals surface area contributed by atoms with Gasteiger partial charge in [-0.05, 0) is 24.5 Å². The van der Waals surface area contributed by atoms with E-state index in [2.05, 4.69) is 4.98 Å². The summed E-state index contributed by atoms with van der Waals surface area (Å²) < 4.78 is 5.35. The van der Waals surface area contributed by atoms with Gasteiger partial charge in [-0.3, -0.25) is 5.41 Å². The van der Waals surface area contributed by atoms with Gasteiger partial charge in [-0.1, -0.05) is 0 Å². The smallest absolute Gasteiger partial charge is 0.192 e. The van der Waals surface area contributed by atoms with Gasteiger partial charge in [0, 0.05) is 12.5 Å². The number of rotatable bonds is 1. The van der Waals surface area contributed by atoms with Gasteiger partial charge in [0.15, 0.2) is 11.5 Å². The van der Waals surface area contributed by atoms with Crippen molar-refractivity contribution in [2.24, 2.45) is 0 Å². The highest BCUT2D eigenvalue weighted by atomic mass is 32.2. The highest BCUT2D eigenvalue weighted by molar-refractivity contribution is 8.13. The molecule has 0 radical (unpaired) electrons. The number of nitrogens with one attached hydrogen (secondary N) is 1. The predicted molar refractivity (Wildman–Crippen MR) is 59.1 cm³/mol. The maximum atomic E-state index is 7.67. The third-order valence-corrected chi connectivity index (χ3v) is 2.60. The van der Waals surface area contributed by atoms with Crippen molar-refractivity contribution in [3.8, 4) is 0 Å². The predicted octanol–water partition coefficient (Wildman–Crippen LogP) is 2.82. The Labute approximate surface area is 86.0 Å². The standard InChI is InChI=1S/C10H10N2OS/c1-6-12-8-5-7(10(11)14-2)3-4-9(8)13-6/h3-5,11H,1-2H3. The van der Waals surface area contributed by atoms with Crippen LogP contribution in [0.15, 0.2) is 22.6 Å². The van der Waals surface area contributed by atoms with E-state index in [0.717, 1.165) is 16.7 Å². The van der Waals surface area contributed by atoms with E-state index in [1.165, 1.54) is 11.8 Å². The normalized spacial score (nSPS) is 10.7. The molecule has 0 unspecified atom stereocenters. The Hall–Kier alpha value is -1.29. The molecule has 0 atom stereocenters. The van der Waals surface area contributed by atoms with Crippen LogP contribution >= 0.6 is 11.8 Å². The van der Waals surface area contributed by atoms with Crippen LogP contribution in [0.3, 0.4) is 0 Å². The fraction of sp³-hybridized carbons (Fsp3) is 0.200. The van der Waals surface area contributed by atoms with Crippen molar-refractivity contribution >= 4 is 27.9 Å². The molecule has 2 aromatic rings. The minimum atomic E-state index is 0.549. The van der Waals surface area contributed by atoms with Crippen LogP contribution in [0.4, 0.5) is 0 Å². The Morgan fingerprint density at radius 2 is 2.29 bits per heavy atom. The van der Waals surface area contributed by atoms with Crippen molar-refractivity contribution in [3.05, 3.63) is 29.7 Å². The summed E-state index contributed by atoms with van der Waals surface area (Å²) in [6.45, 7) is 1.82. The van der Waals surface area contributed by atoms with Crippen molar-refractivity contribution in [3.63, 3.8) is 0 Å². The monoisotopic (exact) mass is 206 g/mol. The molecule has 0 aliphatic carbocycles. The van der Waals surface area contributed by atoms with Gasteiger partial charge < -0.3 is 4.42 Å². The van der Waals surface area contributed by atoms with Crippen molar-refractivity contribution in [2.45, 2.75) is 6.92 Å². The van der Waals surface area contributed by atoms with Crippen LogP contribution in [-0.2, 0) is 0 Å². The van der Waals surface area contributed by atoms with Gasteiger partial charge in [-0.25, -0.2) is 4.98 Å². The number of aromatic nitrogens is 1. The molecule has 14 heavy (non-hydrogen) atoms. The number of hydrogen-bond donors (Lipinski definition) is 1. The van der Waals surface area contributed by atoms with Crippen LogP contribution < -0.4 is 0 Å². The summed E-state index contributed by atoms with van der Waals surface area (Å²) in [4.78, 5) is 4.22. The fourth-order valence-corrected chi connectivity index (χ4v) is 1.66. The number of fused-ring (bicyclic) bond motifs is 1. The average Bonchev–Trinajstić information content (AvgIpc) is 2.55. The molecule has 0 saturated carbocycles. The minimum absolute atomic E-state index is 0.549. The van der Waals surface area contributed by atoms with Crippen molar-refractivity contribution in [1.29, 1.82) is 5.41 Å². The van der Waals surface area contributed by atoms with Crippen LogP contribution in [0.2, 0.25) is 0 Å². The van der Waals surface area contributed by atoms with Crippen LogP contribution in [0, 0.1) is 12.3 Å². The second kappa shape index (κ2) is 3.46. The summed E-state index contributed by atoms with van der Waals surface area (Å²) in [5.41, 5.74) is 2.48. The lowest BCUT2D eigenvalue weighted by atomic mass is 10.2. The van der Waals surface area contributed by atoms with E-state index in [4.69, 9.17) is 9.83 Å². The molecule has 0 saturated heterocycles. The largest absolute Gasteiger partial charge is 0.441 e. The molecule has 0 fully saturated rings. The summed E-state index contributed by atoms with van der Waals surface area (Å²) in [7, 11) is 0. The van der Waals surface area contributed by atoms with E-state index in [9.17, 15) is 0 Å². The van der Waals surface area contributed by atoms with Crippen LogP contribution in [0.5, 0.6) is 0 Å². The summed E-state index contributed by atoms with van der Waals surface area (Å²) >= 11 is 1.42. The van der Waals surface area contributed by atoms with E-state index in [1.54, 1.807) is 0 Å². The number of benzene rings is 1. The van der Waals surface area contributed by atoms with E-state index < -0.39 is 0 Å². The summed E-state index contributed by atoms with van der Waals surface area (Å²) in [5.74, 6) is 0.660. The number of aryl methyl sites for hydroxylation is 1. The zero-order valence-corrected chi connectivity index (χ0v) is 8.81. The van der Waals surface area contributed by atoms with E-state index in [-0.39, 0.29) is 0 Å². The maximum Gasteiger partial charge on any atom is 0.192 e. The zero-order chi connectivity index (χ0) is 10.1. The lowest BCUT2D eigenvalue weighted by Gasteiger charge is -1.98. The number of nitrogens with zero attached hydrogens (tertiary/aromatic N) is 1. The molecule has 0 aliphatic rings. The first kappa shape index (κ1) is 9.27. The molecule has 4 heteroatoms. The molecule has 1 aromatic heterocycles. The molecule has 1 heterocycles. The molecular formula is C10H10N2OS. The lowest BCUT2D eigenvalue weighted by Crippen LogP contribution is -1.90. The molecule has 72 valence electrons. The molecule has 0 spiro atoms. The Balaban J connectivity index is 2.55. The number of thioether (sulfide) groups is 1. The molecule has 1 N–H and O–H groups in total. The van der Waals surface area contributed by atoms with Gasteiger partial charge in [0.05, 0.1) is 5.04 Å². The Bertz CT molecular complexity index is 490.